The highest BCUT2D eigenvalue weighted by atomic mass is 16.5. The molecule has 2 aromatic heterocycles. The predicted octanol–water partition coefficient (Wildman–Crippen LogP) is 1.38. The molecule has 1 aliphatic carbocycles. The van der Waals surface area contributed by atoms with Crippen LogP contribution >= 0.6 is 0 Å². The summed E-state index contributed by atoms with van der Waals surface area (Å²) in [4.78, 5) is 31.1. The number of aromatic nitrogens is 3. The van der Waals surface area contributed by atoms with Gasteiger partial charge in [-0.1, -0.05) is 0 Å². The highest BCUT2D eigenvalue weighted by Gasteiger charge is 2.22. The van der Waals surface area contributed by atoms with Crippen molar-refractivity contribution in [1.29, 1.82) is 0 Å². The number of aryl methyl sites for hydroxylation is 1. The Morgan fingerprint density at radius 2 is 2.15 bits per heavy atom. The van der Waals surface area contributed by atoms with Gasteiger partial charge >= 0.3 is 0 Å². The summed E-state index contributed by atoms with van der Waals surface area (Å²) in [6.45, 7) is 1.35. The number of ether oxygens (including phenoxy) is 1. The molecule has 1 amide bonds. The lowest BCUT2D eigenvalue weighted by Gasteiger charge is -2.19. The van der Waals surface area contributed by atoms with Crippen molar-refractivity contribution >= 4 is 17.4 Å². The molecule has 2 N–H and O–H groups in total. The van der Waals surface area contributed by atoms with E-state index in [1.807, 2.05) is 18.0 Å². The van der Waals surface area contributed by atoms with Gasteiger partial charge in [0, 0.05) is 20.7 Å². The predicted molar refractivity (Wildman–Crippen MR) is 98.8 cm³/mol. The van der Waals surface area contributed by atoms with E-state index in [-0.39, 0.29) is 5.56 Å². The number of nitrogens with one attached hydrogen (secondary N) is 2. The van der Waals surface area contributed by atoms with Crippen LogP contribution in [0.15, 0.2) is 23.1 Å². The summed E-state index contributed by atoms with van der Waals surface area (Å²) in [5, 5.41) is 9.23. The number of H-pyrrole nitrogens is 1. The second-order valence-corrected chi connectivity index (χ2v) is 6.33. The quantitative estimate of drug-likeness (QED) is 0.810. The number of fused-ring (bicyclic) bond motifs is 1. The maximum absolute atomic E-state index is 12.6. The van der Waals surface area contributed by atoms with E-state index in [9.17, 15) is 9.59 Å². The highest BCUT2D eigenvalue weighted by molar-refractivity contribution is 6.04. The number of hydrogen-bond donors (Lipinski definition) is 2. The summed E-state index contributed by atoms with van der Waals surface area (Å²) < 4.78 is 5.06. The third-order valence-corrected chi connectivity index (χ3v) is 4.55. The normalized spacial score (nSPS) is 13.2. The molecule has 3 rings (SSSR count). The SMILES string of the molecule is COCCN(C)c1ccc(NC(=O)c2c3c(n[nH]c2=O)CCCC3)nc1. The Hall–Kier alpha value is -2.74. The van der Waals surface area contributed by atoms with Gasteiger partial charge in [-0.05, 0) is 43.4 Å². The Balaban J connectivity index is 1.76. The number of likely N-dealkylation sites (N-methyl/N-ethyl adjacent to an activating group) is 1. The maximum Gasteiger partial charge on any atom is 0.277 e. The first-order chi connectivity index (χ1) is 12.6. The Morgan fingerprint density at radius 1 is 1.35 bits per heavy atom. The molecule has 0 bridgehead atoms. The average molecular weight is 357 g/mol. The minimum atomic E-state index is -0.459. The number of amides is 1. The molecular weight excluding hydrogens is 334 g/mol. The molecule has 0 unspecified atom stereocenters. The fourth-order valence-electron chi connectivity index (χ4n) is 3.06. The van der Waals surface area contributed by atoms with Crippen LogP contribution in [0, 0.1) is 0 Å². The zero-order valence-corrected chi connectivity index (χ0v) is 15.0. The van der Waals surface area contributed by atoms with Crippen molar-refractivity contribution in [2.45, 2.75) is 25.7 Å². The Kier molecular flexibility index (Phi) is 5.62. The third kappa shape index (κ3) is 3.91. The Labute approximate surface area is 151 Å². The average Bonchev–Trinajstić information content (AvgIpc) is 2.66. The largest absolute Gasteiger partial charge is 0.383 e. The molecule has 0 saturated carbocycles. The van der Waals surface area contributed by atoms with Crippen molar-refractivity contribution in [3.63, 3.8) is 0 Å². The van der Waals surface area contributed by atoms with Crippen molar-refractivity contribution in [2.24, 2.45) is 0 Å². The van der Waals surface area contributed by atoms with Crippen LogP contribution in [0.25, 0.3) is 0 Å². The smallest absolute Gasteiger partial charge is 0.277 e. The topological polar surface area (TPSA) is 100 Å². The van der Waals surface area contributed by atoms with Crippen molar-refractivity contribution < 1.29 is 9.53 Å². The second kappa shape index (κ2) is 8.09. The van der Waals surface area contributed by atoms with Crippen LogP contribution in [-0.2, 0) is 17.6 Å². The van der Waals surface area contributed by atoms with E-state index in [1.54, 1.807) is 19.4 Å². The number of anilines is 2. The monoisotopic (exact) mass is 357 g/mol. The number of nitrogens with zero attached hydrogens (tertiary/aromatic N) is 3. The molecule has 2 heterocycles. The number of hydrogen-bond acceptors (Lipinski definition) is 6. The van der Waals surface area contributed by atoms with Gasteiger partial charge in [0.2, 0.25) is 0 Å². The number of pyridine rings is 1. The number of carbonyl (C=O) groups excluding carboxylic acids is 1. The van der Waals surface area contributed by atoms with E-state index in [4.69, 9.17) is 4.74 Å². The van der Waals surface area contributed by atoms with Crippen LogP contribution in [0.1, 0.15) is 34.5 Å². The van der Waals surface area contributed by atoms with Crippen molar-refractivity contribution in [3.05, 3.63) is 45.5 Å². The van der Waals surface area contributed by atoms with Gasteiger partial charge in [0.05, 0.1) is 24.2 Å². The van der Waals surface area contributed by atoms with Crippen LogP contribution in [0.5, 0.6) is 0 Å². The second-order valence-electron chi connectivity index (χ2n) is 6.33. The molecule has 138 valence electrons. The minimum absolute atomic E-state index is 0.151. The molecule has 0 radical (unpaired) electrons. The van der Waals surface area contributed by atoms with Crippen LogP contribution in [0.4, 0.5) is 11.5 Å². The molecule has 0 fully saturated rings. The third-order valence-electron chi connectivity index (χ3n) is 4.55. The van der Waals surface area contributed by atoms with Crippen LogP contribution in [-0.4, -0.2) is 48.4 Å². The fraction of sp³-hybridized carbons (Fsp3) is 0.444. The van der Waals surface area contributed by atoms with Crippen LogP contribution in [0.3, 0.4) is 0 Å². The molecule has 0 atom stereocenters. The fourth-order valence-corrected chi connectivity index (χ4v) is 3.06. The van der Waals surface area contributed by atoms with E-state index in [0.717, 1.165) is 42.8 Å². The van der Waals surface area contributed by atoms with Crippen LogP contribution in [0.2, 0.25) is 0 Å². The first kappa shape index (κ1) is 18.1. The summed E-state index contributed by atoms with van der Waals surface area (Å²) in [5.74, 6) is -0.0422. The first-order valence-corrected chi connectivity index (χ1v) is 8.68. The number of rotatable bonds is 6. The minimum Gasteiger partial charge on any atom is -0.383 e. The molecule has 8 nitrogen and oxygen atoms in total. The van der Waals surface area contributed by atoms with Gasteiger partial charge in [-0.25, -0.2) is 10.1 Å². The number of aromatic amines is 1. The molecule has 0 aliphatic heterocycles. The maximum atomic E-state index is 12.6. The molecule has 8 heteroatoms. The lowest BCUT2D eigenvalue weighted by Crippen LogP contribution is -2.29. The zero-order chi connectivity index (χ0) is 18.5. The van der Waals surface area contributed by atoms with E-state index in [0.29, 0.717) is 18.8 Å². The Morgan fingerprint density at radius 3 is 2.88 bits per heavy atom. The van der Waals surface area contributed by atoms with Crippen molar-refractivity contribution in [2.75, 3.05) is 37.5 Å². The zero-order valence-electron chi connectivity index (χ0n) is 15.0. The van der Waals surface area contributed by atoms with Gasteiger partial charge in [-0.15, -0.1) is 0 Å². The summed E-state index contributed by atoms with van der Waals surface area (Å²) in [6, 6.07) is 3.59. The van der Waals surface area contributed by atoms with Crippen LogP contribution < -0.4 is 15.8 Å². The molecule has 0 aromatic carbocycles. The summed E-state index contributed by atoms with van der Waals surface area (Å²) in [6.07, 6.45) is 5.14. The first-order valence-electron chi connectivity index (χ1n) is 8.68. The van der Waals surface area contributed by atoms with Crippen molar-refractivity contribution in [3.8, 4) is 0 Å². The van der Waals surface area contributed by atoms with E-state index < -0.39 is 11.5 Å². The van der Waals surface area contributed by atoms with Gasteiger partial charge in [0.15, 0.2) is 0 Å². The van der Waals surface area contributed by atoms with Gasteiger partial charge in [-0.3, -0.25) is 9.59 Å². The lowest BCUT2D eigenvalue weighted by molar-refractivity contribution is 0.102. The molecule has 0 spiro atoms. The molecule has 0 saturated heterocycles. The van der Waals surface area contributed by atoms with Gasteiger partial charge < -0.3 is 15.0 Å². The van der Waals surface area contributed by atoms with Gasteiger partial charge in [0.1, 0.15) is 11.4 Å². The van der Waals surface area contributed by atoms with E-state index in [2.05, 4.69) is 20.5 Å². The van der Waals surface area contributed by atoms with E-state index in [1.165, 1.54) is 0 Å². The molecule has 26 heavy (non-hydrogen) atoms. The molecule has 1 aliphatic rings. The summed E-state index contributed by atoms with van der Waals surface area (Å²) >= 11 is 0. The Bertz CT molecular complexity index is 832. The number of methoxy groups -OCH3 is 1. The van der Waals surface area contributed by atoms with Gasteiger partial charge in [0.25, 0.3) is 11.5 Å². The van der Waals surface area contributed by atoms with Gasteiger partial charge in [-0.2, -0.15) is 5.10 Å². The summed E-state index contributed by atoms with van der Waals surface area (Å²) in [7, 11) is 3.60. The van der Waals surface area contributed by atoms with E-state index >= 15 is 0 Å². The highest BCUT2D eigenvalue weighted by Crippen LogP contribution is 2.21. The van der Waals surface area contributed by atoms with Crippen molar-refractivity contribution in [1.82, 2.24) is 15.2 Å². The lowest BCUT2D eigenvalue weighted by atomic mass is 9.93. The molecular formula is C18H23N5O3. The standard InChI is InChI=1S/C18H23N5O3/c1-23(9-10-26-2)12-7-8-15(19-11-12)20-17(24)16-13-5-3-4-6-14(13)21-22-18(16)25/h7-8,11H,3-6,9-10H2,1-2H3,(H,22,25)(H,19,20,24). The number of carbonyl (C=O) groups is 1. The summed E-state index contributed by atoms with van der Waals surface area (Å²) in [5.41, 5.74) is 2.17. The molecule has 2 aromatic rings.